The Hall–Kier alpha value is -0.910. The molecule has 0 aromatic heterocycles. The number of hydrogen-bond donors (Lipinski definition) is 3. The van der Waals surface area contributed by atoms with Crippen molar-refractivity contribution in [2.75, 3.05) is 6.26 Å². The van der Waals surface area contributed by atoms with Gasteiger partial charge in [0.05, 0.1) is 0 Å². The number of hydrogen-bond acceptors (Lipinski definition) is 4. The van der Waals surface area contributed by atoms with E-state index in [0.717, 1.165) is 19.3 Å². The monoisotopic (exact) mass is 273 g/mol. The third kappa shape index (κ3) is 3.54. The van der Waals surface area contributed by atoms with Crippen LogP contribution in [-0.2, 0) is 4.79 Å². The SMILES string of the molecule is CSC1CCCC(NC(=O)C(C)(C)C(N)=NO)C1. The van der Waals surface area contributed by atoms with Crippen molar-refractivity contribution in [1.29, 1.82) is 0 Å². The van der Waals surface area contributed by atoms with Gasteiger partial charge in [0, 0.05) is 11.3 Å². The number of thioether (sulfide) groups is 1. The number of nitrogens with one attached hydrogen (secondary N) is 1. The second-order valence-corrected chi connectivity index (χ2v) is 6.44. The summed E-state index contributed by atoms with van der Waals surface area (Å²) < 4.78 is 0. The predicted octanol–water partition coefficient (Wildman–Crippen LogP) is 1.55. The van der Waals surface area contributed by atoms with Crippen LogP contribution in [0.2, 0.25) is 0 Å². The van der Waals surface area contributed by atoms with Gasteiger partial charge in [-0.1, -0.05) is 11.6 Å². The fourth-order valence-electron chi connectivity index (χ4n) is 2.10. The smallest absolute Gasteiger partial charge is 0.233 e. The molecule has 18 heavy (non-hydrogen) atoms. The molecule has 0 spiro atoms. The second-order valence-electron chi connectivity index (χ2n) is 5.30. The molecule has 1 fully saturated rings. The molecule has 1 saturated carbocycles. The first-order valence-corrected chi connectivity index (χ1v) is 7.52. The molecule has 4 N–H and O–H groups in total. The van der Waals surface area contributed by atoms with Crippen LogP contribution in [0, 0.1) is 5.41 Å². The summed E-state index contributed by atoms with van der Waals surface area (Å²) in [6, 6.07) is 0.203. The summed E-state index contributed by atoms with van der Waals surface area (Å²) in [6.07, 6.45) is 6.47. The maximum Gasteiger partial charge on any atom is 0.233 e. The van der Waals surface area contributed by atoms with Crippen LogP contribution in [0.15, 0.2) is 5.16 Å². The molecular formula is C12H23N3O2S. The molecule has 0 saturated heterocycles. The number of amides is 1. The fourth-order valence-corrected chi connectivity index (χ4v) is 2.92. The van der Waals surface area contributed by atoms with E-state index in [-0.39, 0.29) is 17.8 Å². The molecule has 0 aromatic rings. The van der Waals surface area contributed by atoms with E-state index >= 15 is 0 Å². The number of amidine groups is 1. The summed E-state index contributed by atoms with van der Waals surface area (Å²) in [4.78, 5) is 12.1. The van der Waals surface area contributed by atoms with E-state index in [2.05, 4.69) is 16.7 Å². The third-order valence-corrected chi connectivity index (χ3v) is 4.71. The normalized spacial score (nSPS) is 25.8. The molecule has 5 nitrogen and oxygen atoms in total. The van der Waals surface area contributed by atoms with Gasteiger partial charge in [0.25, 0.3) is 0 Å². The number of carbonyl (C=O) groups is 1. The Kier molecular flexibility index (Phi) is 5.31. The minimum Gasteiger partial charge on any atom is -0.409 e. The van der Waals surface area contributed by atoms with Gasteiger partial charge in [-0.25, -0.2) is 0 Å². The summed E-state index contributed by atoms with van der Waals surface area (Å²) in [5.41, 5.74) is 4.57. The van der Waals surface area contributed by atoms with Gasteiger partial charge in [-0.3, -0.25) is 4.79 Å². The lowest BCUT2D eigenvalue weighted by atomic mass is 9.88. The van der Waals surface area contributed by atoms with Crippen molar-refractivity contribution in [1.82, 2.24) is 5.32 Å². The maximum atomic E-state index is 12.1. The standard InChI is InChI=1S/C12H23N3O2S/c1-12(2,10(13)15-17)11(16)14-8-5-4-6-9(7-8)18-3/h8-9,17H,4-7H2,1-3H3,(H2,13,15)(H,14,16). The summed E-state index contributed by atoms with van der Waals surface area (Å²) in [6.45, 7) is 3.32. The molecule has 1 amide bonds. The van der Waals surface area contributed by atoms with Gasteiger partial charge in [-0.2, -0.15) is 11.8 Å². The van der Waals surface area contributed by atoms with E-state index in [1.807, 2.05) is 11.8 Å². The van der Waals surface area contributed by atoms with Crippen LogP contribution in [0.3, 0.4) is 0 Å². The number of rotatable bonds is 4. The Morgan fingerprint density at radius 1 is 1.50 bits per heavy atom. The van der Waals surface area contributed by atoms with Crippen LogP contribution in [0.5, 0.6) is 0 Å². The van der Waals surface area contributed by atoms with Crippen LogP contribution >= 0.6 is 11.8 Å². The van der Waals surface area contributed by atoms with Gasteiger partial charge < -0.3 is 16.3 Å². The zero-order chi connectivity index (χ0) is 13.8. The van der Waals surface area contributed by atoms with Gasteiger partial charge in [-0.05, 0) is 39.4 Å². The molecule has 2 atom stereocenters. The summed E-state index contributed by atoms with van der Waals surface area (Å²) >= 11 is 1.86. The molecule has 1 rings (SSSR count). The molecule has 0 heterocycles. The average Bonchev–Trinajstić information content (AvgIpc) is 2.37. The third-order valence-electron chi connectivity index (χ3n) is 3.61. The van der Waals surface area contributed by atoms with Crippen molar-refractivity contribution in [3.8, 4) is 0 Å². The molecule has 1 aliphatic carbocycles. The van der Waals surface area contributed by atoms with Crippen molar-refractivity contribution in [2.45, 2.75) is 50.8 Å². The van der Waals surface area contributed by atoms with Crippen molar-refractivity contribution in [3.63, 3.8) is 0 Å². The highest BCUT2D eigenvalue weighted by Gasteiger charge is 2.35. The Bertz CT molecular complexity index is 331. The van der Waals surface area contributed by atoms with E-state index in [4.69, 9.17) is 10.9 Å². The topological polar surface area (TPSA) is 87.7 Å². The van der Waals surface area contributed by atoms with Gasteiger partial charge >= 0.3 is 0 Å². The molecular weight excluding hydrogens is 250 g/mol. The van der Waals surface area contributed by atoms with Crippen LogP contribution in [0.4, 0.5) is 0 Å². The first-order chi connectivity index (χ1) is 8.41. The molecule has 0 aromatic carbocycles. The maximum absolute atomic E-state index is 12.1. The lowest BCUT2D eigenvalue weighted by Gasteiger charge is -2.31. The van der Waals surface area contributed by atoms with Gasteiger partial charge in [0.1, 0.15) is 5.41 Å². The lowest BCUT2D eigenvalue weighted by Crippen LogP contribution is -2.50. The Morgan fingerprint density at radius 2 is 2.17 bits per heavy atom. The zero-order valence-corrected chi connectivity index (χ0v) is 12.1. The van der Waals surface area contributed by atoms with E-state index in [0.29, 0.717) is 5.25 Å². The molecule has 1 aliphatic rings. The average molecular weight is 273 g/mol. The zero-order valence-electron chi connectivity index (χ0n) is 11.3. The highest BCUT2D eigenvalue weighted by Crippen LogP contribution is 2.27. The minimum atomic E-state index is -0.971. The van der Waals surface area contributed by atoms with Crippen molar-refractivity contribution in [3.05, 3.63) is 0 Å². The van der Waals surface area contributed by atoms with Crippen molar-refractivity contribution < 1.29 is 10.0 Å². The number of nitrogens with two attached hydrogens (primary N) is 1. The van der Waals surface area contributed by atoms with E-state index in [9.17, 15) is 4.79 Å². The predicted molar refractivity (Wildman–Crippen MR) is 74.9 cm³/mol. The highest BCUT2D eigenvalue weighted by molar-refractivity contribution is 7.99. The summed E-state index contributed by atoms with van der Waals surface area (Å²) in [5, 5.41) is 15.3. The number of nitrogens with zero attached hydrogens (tertiary/aromatic N) is 1. The first kappa shape index (κ1) is 15.1. The Labute approximate surface area is 113 Å². The van der Waals surface area contributed by atoms with Gasteiger partial charge in [-0.15, -0.1) is 0 Å². The molecule has 0 radical (unpaired) electrons. The first-order valence-electron chi connectivity index (χ1n) is 6.23. The van der Waals surface area contributed by atoms with Crippen LogP contribution in [0.1, 0.15) is 39.5 Å². The quantitative estimate of drug-likeness (QED) is 0.314. The molecule has 6 heteroatoms. The van der Waals surface area contributed by atoms with E-state index < -0.39 is 5.41 Å². The summed E-state index contributed by atoms with van der Waals surface area (Å²) in [7, 11) is 0. The van der Waals surface area contributed by atoms with Gasteiger partial charge in [0.2, 0.25) is 5.91 Å². The fraction of sp³-hybridized carbons (Fsp3) is 0.833. The summed E-state index contributed by atoms with van der Waals surface area (Å²) in [5.74, 6) is -0.234. The minimum absolute atomic E-state index is 0.0581. The Morgan fingerprint density at radius 3 is 2.72 bits per heavy atom. The number of oxime groups is 1. The molecule has 104 valence electrons. The van der Waals surface area contributed by atoms with Gasteiger partial charge in [0.15, 0.2) is 5.84 Å². The van der Waals surface area contributed by atoms with E-state index in [1.54, 1.807) is 13.8 Å². The number of carbonyl (C=O) groups excluding carboxylic acids is 1. The van der Waals surface area contributed by atoms with E-state index in [1.165, 1.54) is 6.42 Å². The lowest BCUT2D eigenvalue weighted by molar-refractivity contribution is -0.127. The van der Waals surface area contributed by atoms with Crippen molar-refractivity contribution >= 4 is 23.5 Å². The Balaban J connectivity index is 2.59. The highest BCUT2D eigenvalue weighted by atomic mass is 32.2. The molecule has 2 unspecified atom stereocenters. The van der Waals surface area contributed by atoms with Crippen LogP contribution < -0.4 is 11.1 Å². The van der Waals surface area contributed by atoms with Crippen molar-refractivity contribution in [2.24, 2.45) is 16.3 Å². The van der Waals surface area contributed by atoms with Crippen LogP contribution in [0.25, 0.3) is 0 Å². The van der Waals surface area contributed by atoms with Crippen LogP contribution in [-0.4, -0.2) is 34.5 Å². The second kappa shape index (κ2) is 6.31. The largest absolute Gasteiger partial charge is 0.409 e. The molecule has 0 aliphatic heterocycles. The molecule has 0 bridgehead atoms.